The van der Waals surface area contributed by atoms with Gasteiger partial charge in [-0.2, -0.15) is 0 Å². The summed E-state index contributed by atoms with van der Waals surface area (Å²) in [5.74, 6) is -1.62. The van der Waals surface area contributed by atoms with Crippen molar-refractivity contribution < 1.29 is 14.7 Å². The minimum atomic E-state index is -0.890. The van der Waals surface area contributed by atoms with Crippen LogP contribution in [0.3, 0.4) is 0 Å². The number of carboxylic acids is 1. The zero-order valence-electron chi connectivity index (χ0n) is 10.7. The van der Waals surface area contributed by atoms with E-state index in [1.54, 1.807) is 24.3 Å². The molecule has 4 heteroatoms. The van der Waals surface area contributed by atoms with Crippen LogP contribution in [0.2, 0.25) is 0 Å². The molecule has 0 heterocycles. The van der Waals surface area contributed by atoms with Crippen molar-refractivity contribution in [1.29, 1.82) is 0 Å². The monoisotopic (exact) mass is 249 g/mol. The first-order chi connectivity index (χ1) is 8.50. The molecular weight excluding hydrogens is 230 g/mol. The molecule has 0 saturated carbocycles. The van der Waals surface area contributed by atoms with E-state index in [2.05, 4.69) is 5.32 Å². The van der Waals surface area contributed by atoms with Gasteiger partial charge < -0.3 is 10.4 Å². The Kier molecular flexibility index (Phi) is 5.36. The minimum absolute atomic E-state index is 0.0810. The Morgan fingerprint density at radius 1 is 1.22 bits per heavy atom. The van der Waals surface area contributed by atoms with Crippen LogP contribution in [-0.4, -0.2) is 23.0 Å². The average molecular weight is 249 g/mol. The van der Waals surface area contributed by atoms with E-state index in [-0.39, 0.29) is 18.4 Å². The fourth-order valence-corrected chi connectivity index (χ4v) is 1.79. The maximum Gasteiger partial charge on any atom is 0.310 e. The van der Waals surface area contributed by atoms with Crippen molar-refractivity contribution in [2.75, 3.05) is 0 Å². The molecule has 1 atom stereocenters. The number of carboxylic acid groups (broad SMARTS) is 1. The lowest BCUT2D eigenvalue weighted by Gasteiger charge is -2.13. The smallest absolute Gasteiger partial charge is 0.310 e. The molecule has 0 aromatic heterocycles. The first kappa shape index (κ1) is 14.2. The zero-order valence-corrected chi connectivity index (χ0v) is 10.7. The Morgan fingerprint density at radius 2 is 1.83 bits per heavy atom. The predicted molar refractivity (Wildman–Crippen MR) is 69.3 cm³/mol. The third-order valence-corrected chi connectivity index (χ3v) is 2.61. The van der Waals surface area contributed by atoms with E-state index in [9.17, 15) is 14.7 Å². The average Bonchev–Trinajstić information content (AvgIpc) is 2.29. The van der Waals surface area contributed by atoms with Crippen LogP contribution in [0.5, 0.6) is 0 Å². The van der Waals surface area contributed by atoms with E-state index in [1.807, 2.05) is 19.9 Å². The number of hydrogen-bond acceptors (Lipinski definition) is 2. The number of amides is 1. The molecule has 1 aromatic carbocycles. The van der Waals surface area contributed by atoms with Gasteiger partial charge in [-0.05, 0) is 25.8 Å². The SMILES string of the molecule is CC(C)NC(=O)CCC(C(=O)O)c1ccccc1. The van der Waals surface area contributed by atoms with E-state index < -0.39 is 11.9 Å². The normalized spacial score (nSPS) is 12.2. The lowest BCUT2D eigenvalue weighted by atomic mass is 9.94. The Morgan fingerprint density at radius 3 is 2.33 bits per heavy atom. The molecule has 0 spiro atoms. The van der Waals surface area contributed by atoms with Gasteiger partial charge in [0.1, 0.15) is 0 Å². The van der Waals surface area contributed by atoms with E-state index >= 15 is 0 Å². The van der Waals surface area contributed by atoms with Crippen LogP contribution in [-0.2, 0) is 9.59 Å². The minimum Gasteiger partial charge on any atom is -0.481 e. The molecule has 98 valence electrons. The van der Waals surface area contributed by atoms with Gasteiger partial charge in [0.15, 0.2) is 0 Å². The molecule has 1 amide bonds. The Labute approximate surface area is 107 Å². The molecule has 4 nitrogen and oxygen atoms in total. The van der Waals surface area contributed by atoms with Gasteiger partial charge in [-0.25, -0.2) is 0 Å². The van der Waals surface area contributed by atoms with Crippen molar-refractivity contribution in [3.63, 3.8) is 0 Å². The highest BCUT2D eigenvalue weighted by atomic mass is 16.4. The second-order valence-electron chi connectivity index (χ2n) is 4.56. The number of benzene rings is 1. The Bertz CT molecular complexity index is 401. The summed E-state index contributed by atoms with van der Waals surface area (Å²) in [4.78, 5) is 22.7. The van der Waals surface area contributed by atoms with Gasteiger partial charge in [0, 0.05) is 12.5 Å². The topological polar surface area (TPSA) is 66.4 Å². The first-order valence-corrected chi connectivity index (χ1v) is 6.08. The summed E-state index contributed by atoms with van der Waals surface area (Å²) >= 11 is 0. The highest BCUT2D eigenvalue weighted by molar-refractivity contribution is 5.79. The fraction of sp³-hybridized carbons (Fsp3) is 0.429. The number of carbonyl (C=O) groups excluding carboxylic acids is 1. The standard InChI is InChI=1S/C14H19NO3/c1-10(2)15-13(16)9-8-12(14(17)18)11-6-4-3-5-7-11/h3-7,10,12H,8-9H2,1-2H3,(H,15,16)(H,17,18). The van der Waals surface area contributed by atoms with Crippen molar-refractivity contribution in [3.05, 3.63) is 35.9 Å². The lowest BCUT2D eigenvalue weighted by molar-refractivity contribution is -0.139. The number of nitrogens with one attached hydrogen (secondary N) is 1. The van der Waals surface area contributed by atoms with Gasteiger partial charge in [0.25, 0.3) is 0 Å². The Balaban J connectivity index is 2.60. The molecule has 2 N–H and O–H groups in total. The molecule has 1 rings (SSSR count). The van der Waals surface area contributed by atoms with Crippen molar-refractivity contribution in [2.45, 2.75) is 38.6 Å². The molecule has 0 bridgehead atoms. The molecule has 1 unspecified atom stereocenters. The van der Waals surface area contributed by atoms with E-state index in [1.165, 1.54) is 0 Å². The van der Waals surface area contributed by atoms with Gasteiger partial charge in [-0.1, -0.05) is 30.3 Å². The second kappa shape index (κ2) is 6.79. The summed E-state index contributed by atoms with van der Waals surface area (Å²) in [5.41, 5.74) is 0.738. The van der Waals surface area contributed by atoms with Gasteiger partial charge in [-0.3, -0.25) is 9.59 Å². The van der Waals surface area contributed by atoms with Crippen molar-refractivity contribution >= 4 is 11.9 Å². The van der Waals surface area contributed by atoms with Gasteiger partial charge in [0.2, 0.25) is 5.91 Å². The molecule has 0 saturated heterocycles. The summed E-state index contributed by atoms with van der Waals surface area (Å²) in [6, 6.07) is 9.09. The quantitative estimate of drug-likeness (QED) is 0.812. The van der Waals surface area contributed by atoms with Gasteiger partial charge in [-0.15, -0.1) is 0 Å². The summed E-state index contributed by atoms with van der Waals surface area (Å²) in [6.07, 6.45) is 0.544. The van der Waals surface area contributed by atoms with Crippen LogP contribution >= 0.6 is 0 Å². The molecule has 0 fully saturated rings. The Hall–Kier alpha value is -1.84. The maximum absolute atomic E-state index is 11.5. The summed E-state index contributed by atoms with van der Waals surface area (Å²) in [7, 11) is 0. The molecule has 0 radical (unpaired) electrons. The number of carbonyl (C=O) groups is 2. The van der Waals surface area contributed by atoms with Crippen LogP contribution in [0.25, 0.3) is 0 Å². The number of rotatable bonds is 6. The predicted octanol–water partition coefficient (Wildman–Crippen LogP) is 2.16. The van der Waals surface area contributed by atoms with Crippen molar-refractivity contribution in [2.24, 2.45) is 0 Å². The third kappa shape index (κ3) is 4.57. The van der Waals surface area contributed by atoms with Gasteiger partial charge in [0.05, 0.1) is 5.92 Å². The number of hydrogen-bond donors (Lipinski definition) is 2. The zero-order chi connectivity index (χ0) is 13.5. The molecule has 0 aliphatic heterocycles. The molecule has 1 aromatic rings. The molecule has 0 aliphatic rings. The molecule has 0 aliphatic carbocycles. The third-order valence-electron chi connectivity index (χ3n) is 2.61. The van der Waals surface area contributed by atoms with Crippen LogP contribution in [0, 0.1) is 0 Å². The van der Waals surface area contributed by atoms with Gasteiger partial charge >= 0.3 is 5.97 Å². The van der Waals surface area contributed by atoms with Crippen LogP contribution < -0.4 is 5.32 Å². The highest BCUT2D eigenvalue weighted by Crippen LogP contribution is 2.21. The van der Waals surface area contributed by atoms with Crippen molar-refractivity contribution in [1.82, 2.24) is 5.32 Å². The van der Waals surface area contributed by atoms with Crippen LogP contribution in [0.1, 0.15) is 38.2 Å². The summed E-state index contributed by atoms with van der Waals surface area (Å²) in [6.45, 7) is 3.76. The van der Waals surface area contributed by atoms with Crippen LogP contribution in [0.15, 0.2) is 30.3 Å². The summed E-state index contributed by atoms with van der Waals surface area (Å²) < 4.78 is 0. The lowest BCUT2D eigenvalue weighted by Crippen LogP contribution is -2.30. The van der Waals surface area contributed by atoms with E-state index in [4.69, 9.17) is 0 Å². The molecule has 18 heavy (non-hydrogen) atoms. The fourth-order valence-electron chi connectivity index (χ4n) is 1.79. The largest absolute Gasteiger partial charge is 0.481 e. The molecular formula is C14H19NO3. The number of aliphatic carboxylic acids is 1. The van der Waals surface area contributed by atoms with Crippen LogP contribution in [0.4, 0.5) is 0 Å². The van der Waals surface area contributed by atoms with E-state index in [0.29, 0.717) is 6.42 Å². The summed E-state index contributed by atoms with van der Waals surface area (Å²) in [5, 5.41) is 11.9. The van der Waals surface area contributed by atoms with Crippen molar-refractivity contribution in [3.8, 4) is 0 Å². The maximum atomic E-state index is 11.5. The first-order valence-electron chi connectivity index (χ1n) is 6.08. The second-order valence-corrected chi connectivity index (χ2v) is 4.56. The highest BCUT2D eigenvalue weighted by Gasteiger charge is 2.20. The van der Waals surface area contributed by atoms with E-state index in [0.717, 1.165) is 5.56 Å².